The number of nitrogens with two attached hydrogens (primary N) is 1. The number of hydrogen-bond donors (Lipinski definition) is 2. The molecule has 0 amide bonds. The van der Waals surface area contributed by atoms with Crippen molar-refractivity contribution in [2.24, 2.45) is 10.9 Å². The topological polar surface area (TPSA) is 93.6 Å². The second-order valence-corrected chi connectivity index (χ2v) is 4.53. The molecule has 0 bridgehead atoms. The van der Waals surface area contributed by atoms with Crippen molar-refractivity contribution in [1.29, 1.82) is 0 Å². The van der Waals surface area contributed by atoms with E-state index in [1.54, 1.807) is 13.0 Å². The van der Waals surface area contributed by atoms with E-state index in [4.69, 9.17) is 15.7 Å². The Labute approximate surface area is 116 Å². The predicted molar refractivity (Wildman–Crippen MR) is 75.3 cm³/mol. The minimum Gasteiger partial charge on any atom is -0.424 e. The molecule has 0 aliphatic carbocycles. The van der Waals surface area contributed by atoms with Crippen LogP contribution in [0.15, 0.2) is 29.4 Å². The lowest BCUT2D eigenvalue weighted by molar-refractivity contribution is 0.318. The van der Waals surface area contributed by atoms with Crippen LogP contribution in [0, 0.1) is 20.8 Å². The van der Waals surface area contributed by atoms with Gasteiger partial charge in [-0.15, -0.1) is 0 Å². The second-order valence-electron chi connectivity index (χ2n) is 4.53. The summed E-state index contributed by atoms with van der Waals surface area (Å²) in [6, 6.07) is 7.60. The number of aryl methyl sites for hydroxylation is 3. The smallest absolute Gasteiger partial charge is 0.322 e. The Morgan fingerprint density at radius 2 is 1.95 bits per heavy atom. The third-order valence-electron chi connectivity index (χ3n) is 2.74. The molecular formula is C14H16N4O2. The van der Waals surface area contributed by atoms with Gasteiger partial charge in [0, 0.05) is 5.69 Å². The van der Waals surface area contributed by atoms with Gasteiger partial charge in [-0.3, -0.25) is 0 Å². The normalized spacial score (nSPS) is 11.4. The van der Waals surface area contributed by atoms with E-state index in [-0.39, 0.29) is 11.8 Å². The van der Waals surface area contributed by atoms with Crippen molar-refractivity contribution in [3.8, 4) is 11.8 Å². The van der Waals surface area contributed by atoms with Gasteiger partial charge in [-0.05, 0) is 38.5 Å². The average Bonchev–Trinajstić information content (AvgIpc) is 2.40. The van der Waals surface area contributed by atoms with E-state index < -0.39 is 0 Å². The Balaban J connectivity index is 2.36. The van der Waals surface area contributed by atoms with Crippen LogP contribution >= 0.6 is 0 Å². The summed E-state index contributed by atoms with van der Waals surface area (Å²) in [5.74, 6) is 0.590. The standard InChI is InChI=1S/C14H16N4O2/c1-8-4-5-12(9(2)6-8)20-14-16-10(3)7-11(17-14)13(15)18-19/h4-7,19H,1-3H3,(H2,15,18). The summed E-state index contributed by atoms with van der Waals surface area (Å²) in [4.78, 5) is 8.30. The van der Waals surface area contributed by atoms with Crippen molar-refractivity contribution >= 4 is 5.84 Å². The summed E-state index contributed by atoms with van der Waals surface area (Å²) in [5.41, 5.74) is 8.65. The summed E-state index contributed by atoms with van der Waals surface area (Å²) < 4.78 is 5.67. The molecule has 0 aliphatic heterocycles. The molecule has 0 fully saturated rings. The van der Waals surface area contributed by atoms with Crippen molar-refractivity contribution in [1.82, 2.24) is 9.97 Å². The van der Waals surface area contributed by atoms with E-state index in [0.29, 0.717) is 17.1 Å². The lowest BCUT2D eigenvalue weighted by atomic mass is 10.1. The van der Waals surface area contributed by atoms with Crippen molar-refractivity contribution in [3.05, 3.63) is 46.8 Å². The minimum atomic E-state index is -0.0824. The molecule has 3 N–H and O–H groups in total. The number of hydrogen-bond acceptors (Lipinski definition) is 5. The van der Waals surface area contributed by atoms with E-state index in [9.17, 15) is 0 Å². The molecule has 0 saturated carbocycles. The van der Waals surface area contributed by atoms with Crippen molar-refractivity contribution in [2.45, 2.75) is 20.8 Å². The predicted octanol–water partition coefficient (Wildman–Crippen LogP) is 2.29. The Bertz CT molecular complexity index is 668. The molecule has 1 heterocycles. The molecule has 0 atom stereocenters. The van der Waals surface area contributed by atoms with Gasteiger partial charge in [-0.1, -0.05) is 22.9 Å². The third-order valence-corrected chi connectivity index (χ3v) is 2.74. The maximum absolute atomic E-state index is 8.70. The molecule has 6 nitrogen and oxygen atoms in total. The van der Waals surface area contributed by atoms with Gasteiger partial charge in [-0.25, -0.2) is 4.98 Å². The fourth-order valence-electron chi connectivity index (χ4n) is 1.78. The largest absolute Gasteiger partial charge is 0.424 e. The Morgan fingerprint density at radius 1 is 1.20 bits per heavy atom. The molecule has 2 rings (SSSR count). The lowest BCUT2D eigenvalue weighted by Gasteiger charge is -2.09. The molecule has 2 aromatic rings. The Morgan fingerprint density at radius 3 is 2.60 bits per heavy atom. The number of amidine groups is 1. The van der Waals surface area contributed by atoms with Gasteiger partial charge in [0.25, 0.3) is 0 Å². The first-order chi connectivity index (χ1) is 9.49. The summed E-state index contributed by atoms with van der Waals surface area (Å²) in [5, 5.41) is 11.6. The highest BCUT2D eigenvalue weighted by molar-refractivity contribution is 5.95. The third kappa shape index (κ3) is 3.03. The molecule has 104 valence electrons. The van der Waals surface area contributed by atoms with Crippen LogP contribution in [-0.2, 0) is 0 Å². The zero-order chi connectivity index (χ0) is 14.7. The zero-order valence-corrected chi connectivity index (χ0v) is 11.6. The molecule has 20 heavy (non-hydrogen) atoms. The highest BCUT2D eigenvalue weighted by atomic mass is 16.5. The first kappa shape index (κ1) is 13.8. The van der Waals surface area contributed by atoms with Gasteiger partial charge in [0.2, 0.25) is 0 Å². The van der Waals surface area contributed by atoms with Crippen molar-refractivity contribution in [3.63, 3.8) is 0 Å². The van der Waals surface area contributed by atoms with Crippen LogP contribution in [0.25, 0.3) is 0 Å². The van der Waals surface area contributed by atoms with Gasteiger partial charge in [-0.2, -0.15) is 4.98 Å². The van der Waals surface area contributed by atoms with Crippen molar-refractivity contribution < 1.29 is 9.94 Å². The van der Waals surface area contributed by atoms with Crippen LogP contribution in [0.3, 0.4) is 0 Å². The molecule has 0 unspecified atom stereocenters. The fraction of sp³-hybridized carbons (Fsp3) is 0.214. The van der Waals surface area contributed by atoms with E-state index in [1.165, 1.54) is 0 Å². The summed E-state index contributed by atoms with van der Waals surface area (Å²) in [6.07, 6.45) is 0. The first-order valence-electron chi connectivity index (χ1n) is 6.08. The van der Waals surface area contributed by atoms with Crippen LogP contribution < -0.4 is 10.5 Å². The van der Waals surface area contributed by atoms with Crippen LogP contribution in [-0.4, -0.2) is 21.0 Å². The van der Waals surface area contributed by atoms with E-state index >= 15 is 0 Å². The quantitative estimate of drug-likeness (QED) is 0.387. The molecule has 6 heteroatoms. The summed E-state index contributed by atoms with van der Waals surface area (Å²) in [6.45, 7) is 5.74. The first-order valence-corrected chi connectivity index (χ1v) is 6.08. The molecule has 0 spiro atoms. The van der Waals surface area contributed by atoms with Gasteiger partial charge in [0.15, 0.2) is 5.84 Å². The molecule has 0 aliphatic rings. The number of aromatic nitrogens is 2. The van der Waals surface area contributed by atoms with E-state index in [2.05, 4.69) is 15.1 Å². The van der Waals surface area contributed by atoms with E-state index in [1.807, 2.05) is 32.0 Å². The number of rotatable bonds is 3. The van der Waals surface area contributed by atoms with Gasteiger partial charge in [0.05, 0.1) is 0 Å². The average molecular weight is 272 g/mol. The maximum atomic E-state index is 8.70. The minimum absolute atomic E-state index is 0.0824. The molecular weight excluding hydrogens is 256 g/mol. The van der Waals surface area contributed by atoms with Crippen LogP contribution in [0.1, 0.15) is 22.5 Å². The van der Waals surface area contributed by atoms with Crippen LogP contribution in [0.5, 0.6) is 11.8 Å². The number of ether oxygens (including phenoxy) is 1. The highest BCUT2D eigenvalue weighted by Crippen LogP contribution is 2.23. The Hall–Kier alpha value is -2.63. The van der Waals surface area contributed by atoms with Gasteiger partial charge in [0.1, 0.15) is 11.4 Å². The van der Waals surface area contributed by atoms with Gasteiger partial charge >= 0.3 is 6.01 Å². The highest BCUT2D eigenvalue weighted by Gasteiger charge is 2.09. The summed E-state index contributed by atoms with van der Waals surface area (Å²) >= 11 is 0. The number of oxime groups is 1. The molecule has 0 saturated heterocycles. The molecule has 0 radical (unpaired) electrons. The second kappa shape index (κ2) is 5.56. The van der Waals surface area contributed by atoms with Gasteiger partial charge < -0.3 is 15.7 Å². The Kier molecular flexibility index (Phi) is 3.84. The zero-order valence-electron chi connectivity index (χ0n) is 11.6. The lowest BCUT2D eigenvalue weighted by Crippen LogP contribution is -2.16. The maximum Gasteiger partial charge on any atom is 0.322 e. The van der Waals surface area contributed by atoms with E-state index in [0.717, 1.165) is 11.1 Å². The molecule has 1 aromatic carbocycles. The van der Waals surface area contributed by atoms with Crippen LogP contribution in [0.4, 0.5) is 0 Å². The molecule has 1 aromatic heterocycles. The monoisotopic (exact) mass is 272 g/mol. The van der Waals surface area contributed by atoms with Crippen LogP contribution in [0.2, 0.25) is 0 Å². The summed E-state index contributed by atoms with van der Waals surface area (Å²) in [7, 11) is 0. The number of benzene rings is 1. The SMILES string of the molecule is Cc1ccc(Oc2nc(C)cc(/C(N)=N/O)n2)c(C)c1. The number of nitrogens with zero attached hydrogens (tertiary/aromatic N) is 3. The fourth-order valence-corrected chi connectivity index (χ4v) is 1.78. The van der Waals surface area contributed by atoms with Crippen molar-refractivity contribution in [2.75, 3.05) is 0 Å².